The normalized spacial score (nSPS) is 15.1. The third kappa shape index (κ3) is 3.07. The summed E-state index contributed by atoms with van der Waals surface area (Å²) < 4.78 is 26.3. The molecule has 0 fully saturated rings. The van der Waals surface area contributed by atoms with Crippen molar-refractivity contribution in [3.63, 3.8) is 0 Å². The molecule has 0 aliphatic carbocycles. The van der Waals surface area contributed by atoms with Crippen molar-refractivity contribution in [1.29, 1.82) is 0 Å². The lowest BCUT2D eigenvalue weighted by Gasteiger charge is -2.14. The lowest BCUT2D eigenvalue weighted by atomic mass is 10.0. The molecule has 14 heavy (non-hydrogen) atoms. The second-order valence-electron chi connectivity index (χ2n) is 3.45. The van der Waals surface area contributed by atoms with Gasteiger partial charge in [-0.2, -0.15) is 0 Å². The van der Waals surface area contributed by atoms with Crippen LogP contribution in [0.2, 0.25) is 0 Å². The van der Waals surface area contributed by atoms with Crippen LogP contribution in [0, 0.1) is 5.82 Å². The van der Waals surface area contributed by atoms with E-state index in [1.54, 1.807) is 13.1 Å². The van der Waals surface area contributed by atoms with Gasteiger partial charge in [0.15, 0.2) is 0 Å². The molecule has 0 amide bonds. The highest BCUT2D eigenvalue weighted by Crippen LogP contribution is 2.22. The highest BCUT2D eigenvalue weighted by Gasteiger charge is 2.13. The lowest BCUT2D eigenvalue weighted by molar-refractivity contribution is 0.295. The number of nitrogens with one attached hydrogen (secondary N) is 1. The quantitative estimate of drug-likeness (QED) is 0.786. The molecule has 0 saturated heterocycles. The SMILES string of the molecule is CNC(C)CC(F)c1cccc(F)c1. The first-order chi connectivity index (χ1) is 6.63. The standard InChI is InChI=1S/C11H15F2N/c1-8(14-2)6-11(13)9-4-3-5-10(12)7-9/h3-5,7-8,11,14H,6H2,1-2H3. The van der Waals surface area contributed by atoms with Crippen LogP contribution in [0.5, 0.6) is 0 Å². The molecule has 1 N–H and O–H groups in total. The van der Waals surface area contributed by atoms with Crippen molar-refractivity contribution in [1.82, 2.24) is 5.32 Å². The molecular formula is C11H15F2N. The number of halogens is 2. The van der Waals surface area contributed by atoms with Crippen LogP contribution in [0.1, 0.15) is 25.1 Å². The van der Waals surface area contributed by atoms with Gasteiger partial charge >= 0.3 is 0 Å². The van der Waals surface area contributed by atoms with Crippen LogP contribution < -0.4 is 5.32 Å². The molecule has 78 valence electrons. The third-order valence-corrected chi connectivity index (χ3v) is 2.26. The van der Waals surface area contributed by atoms with Crippen molar-refractivity contribution < 1.29 is 8.78 Å². The van der Waals surface area contributed by atoms with Gasteiger partial charge in [-0.05, 0) is 38.1 Å². The van der Waals surface area contributed by atoms with Crippen molar-refractivity contribution in [2.24, 2.45) is 0 Å². The molecule has 0 spiro atoms. The summed E-state index contributed by atoms with van der Waals surface area (Å²) in [5, 5.41) is 2.95. The highest BCUT2D eigenvalue weighted by atomic mass is 19.1. The van der Waals surface area contributed by atoms with Crippen molar-refractivity contribution >= 4 is 0 Å². The Hall–Kier alpha value is -0.960. The van der Waals surface area contributed by atoms with Gasteiger partial charge in [-0.3, -0.25) is 0 Å². The second-order valence-corrected chi connectivity index (χ2v) is 3.45. The Bertz CT molecular complexity index is 288. The van der Waals surface area contributed by atoms with Gasteiger partial charge in [0.1, 0.15) is 12.0 Å². The molecule has 0 saturated carbocycles. The molecule has 2 unspecified atom stereocenters. The van der Waals surface area contributed by atoms with Gasteiger partial charge in [0.2, 0.25) is 0 Å². The minimum absolute atomic E-state index is 0.0910. The van der Waals surface area contributed by atoms with Gasteiger partial charge in [0, 0.05) is 6.04 Å². The van der Waals surface area contributed by atoms with Crippen molar-refractivity contribution in [3.8, 4) is 0 Å². The van der Waals surface area contributed by atoms with E-state index >= 15 is 0 Å². The Kier molecular flexibility index (Phi) is 4.01. The van der Waals surface area contributed by atoms with Crippen LogP contribution in [0.25, 0.3) is 0 Å². The van der Waals surface area contributed by atoms with Crippen molar-refractivity contribution in [3.05, 3.63) is 35.6 Å². The Balaban J connectivity index is 2.64. The second kappa shape index (κ2) is 5.05. The van der Waals surface area contributed by atoms with Gasteiger partial charge in [-0.1, -0.05) is 12.1 Å². The first kappa shape index (κ1) is 11.1. The molecule has 0 heterocycles. The predicted octanol–water partition coefficient (Wildman–Crippen LogP) is 2.83. The van der Waals surface area contributed by atoms with E-state index in [4.69, 9.17) is 0 Å². The van der Waals surface area contributed by atoms with Gasteiger partial charge in [-0.25, -0.2) is 8.78 Å². The zero-order valence-corrected chi connectivity index (χ0v) is 8.43. The molecule has 0 aliphatic rings. The summed E-state index contributed by atoms with van der Waals surface area (Å²) in [6.07, 6.45) is -0.742. The maximum absolute atomic E-state index is 13.5. The zero-order valence-electron chi connectivity index (χ0n) is 8.43. The topological polar surface area (TPSA) is 12.0 Å². The molecule has 2 atom stereocenters. The monoisotopic (exact) mass is 199 g/mol. The Morgan fingerprint density at radius 1 is 1.43 bits per heavy atom. The minimum Gasteiger partial charge on any atom is -0.317 e. The summed E-state index contributed by atoms with van der Waals surface area (Å²) in [7, 11) is 1.78. The third-order valence-electron chi connectivity index (χ3n) is 2.26. The molecule has 0 aliphatic heterocycles. The predicted molar refractivity (Wildman–Crippen MR) is 53.4 cm³/mol. The number of hydrogen-bond donors (Lipinski definition) is 1. The summed E-state index contributed by atoms with van der Waals surface area (Å²) in [6, 6.07) is 5.79. The van der Waals surface area contributed by atoms with E-state index < -0.39 is 6.17 Å². The van der Waals surface area contributed by atoms with E-state index in [1.807, 2.05) is 6.92 Å². The largest absolute Gasteiger partial charge is 0.317 e. The van der Waals surface area contributed by atoms with Crippen LogP contribution in [0.15, 0.2) is 24.3 Å². The van der Waals surface area contributed by atoms with E-state index in [0.29, 0.717) is 12.0 Å². The Labute approximate surface area is 83.1 Å². The van der Waals surface area contributed by atoms with E-state index in [0.717, 1.165) is 0 Å². The first-order valence-electron chi connectivity index (χ1n) is 4.70. The van der Waals surface area contributed by atoms with Crippen molar-refractivity contribution in [2.45, 2.75) is 25.6 Å². The maximum atomic E-state index is 13.5. The molecule has 0 radical (unpaired) electrons. The molecule has 1 nitrogen and oxygen atoms in total. The van der Waals surface area contributed by atoms with Gasteiger partial charge < -0.3 is 5.32 Å². The fourth-order valence-corrected chi connectivity index (χ4v) is 1.27. The zero-order chi connectivity index (χ0) is 10.6. The van der Waals surface area contributed by atoms with E-state index in [9.17, 15) is 8.78 Å². The average molecular weight is 199 g/mol. The first-order valence-corrected chi connectivity index (χ1v) is 4.70. The number of hydrogen-bond acceptors (Lipinski definition) is 1. The van der Waals surface area contributed by atoms with Crippen LogP contribution in [0.3, 0.4) is 0 Å². The Morgan fingerprint density at radius 2 is 2.14 bits per heavy atom. The highest BCUT2D eigenvalue weighted by molar-refractivity contribution is 5.18. The van der Waals surface area contributed by atoms with Crippen LogP contribution in [0.4, 0.5) is 8.78 Å². The van der Waals surface area contributed by atoms with Crippen LogP contribution in [-0.4, -0.2) is 13.1 Å². The number of rotatable bonds is 4. The van der Waals surface area contributed by atoms with Gasteiger partial charge in [-0.15, -0.1) is 0 Å². The lowest BCUT2D eigenvalue weighted by Crippen LogP contribution is -2.22. The molecular weight excluding hydrogens is 184 g/mol. The average Bonchev–Trinajstić information content (AvgIpc) is 2.17. The Morgan fingerprint density at radius 3 is 2.71 bits per heavy atom. The molecule has 0 aromatic heterocycles. The summed E-state index contributed by atoms with van der Waals surface area (Å²) in [5.74, 6) is -0.387. The molecule has 1 aromatic carbocycles. The van der Waals surface area contributed by atoms with Crippen LogP contribution >= 0.6 is 0 Å². The summed E-state index contributed by atoms with van der Waals surface area (Å²) in [5.41, 5.74) is 0.409. The minimum atomic E-state index is -1.10. The van der Waals surface area contributed by atoms with Gasteiger partial charge in [0.25, 0.3) is 0 Å². The van der Waals surface area contributed by atoms with E-state index in [2.05, 4.69) is 5.32 Å². The van der Waals surface area contributed by atoms with Gasteiger partial charge in [0.05, 0.1) is 0 Å². The summed E-state index contributed by atoms with van der Waals surface area (Å²) in [6.45, 7) is 1.89. The van der Waals surface area contributed by atoms with E-state index in [1.165, 1.54) is 18.2 Å². The number of benzene rings is 1. The molecule has 1 aromatic rings. The van der Waals surface area contributed by atoms with E-state index in [-0.39, 0.29) is 11.9 Å². The fourth-order valence-electron chi connectivity index (χ4n) is 1.27. The molecule has 0 bridgehead atoms. The summed E-state index contributed by atoms with van der Waals surface area (Å²) >= 11 is 0. The maximum Gasteiger partial charge on any atom is 0.127 e. The fraction of sp³-hybridized carbons (Fsp3) is 0.455. The summed E-state index contributed by atoms with van der Waals surface area (Å²) in [4.78, 5) is 0. The number of alkyl halides is 1. The van der Waals surface area contributed by atoms with Crippen LogP contribution in [-0.2, 0) is 0 Å². The smallest absolute Gasteiger partial charge is 0.127 e. The molecule has 1 rings (SSSR count). The van der Waals surface area contributed by atoms with Crippen molar-refractivity contribution in [2.75, 3.05) is 7.05 Å². The molecule has 3 heteroatoms.